The molecule has 4 aromatic rings. The average Bonchev–Trinajstić information content (AvgIpc) is 3.18. The first kappa shape index (κ1) is 23.9. The van der Waals surface area contributed by atoms with Gasteiger partial charge in [-0.3, -0.25) is 0 Å². The average molecular weight is 530 g/mol. The SMILES string of the molecule is Cc1ccc(Br)nc1C[C@H](N[S@@+]([O-])C(C)(C)C)c1ccccc1-c1noc2cc(F)ccc12. The summed E-state index contributed by atoms with van der Waals surface area (Å²) in [5.41, 5.74) is 4.69. The fourth-order valence-electron chi connectivity index (χ4n) is 3.59. The summed E-state index contributed by atoms with van der Waals surface area (Å²) in [6.07, 6.45) is 0.522. The van der Waals surface area contributed by atoms with Crippen molar-refractivity contribution in [2.24, 2.45) is 0 Å². The summed E-state index contributed by atoms with van der Waals surface area (Å²) in [6, 6.07) is 15.8. The van der Waals surface area contributed by atoms with Crippen molar-refractivity contribution in [3.8, 4) is 11.3 Å². The van der Waals surface area contributed by atoms with Crippen molar-refractivity contribution in [1.29, 1.82) is 0 Å². The maximum atomic E-state index is 13.7. The van der Waals surface area contributed by atoms with Crippen LogP contribution < -0.4 is 4.72 Å². The molecule has 1 N–H and O–H groups in total. The highest BCUT2D eigenvalue weighted by atomic mass is 79.9. The third-order valence-corrected chi connectivity index (χ3v) is 7.45. The van der Waals surface area contributed by atoms with Crippen LogP contribution in [-0.4, -0.2) is 19.4 Å². The maximum absolute atomic E-state index is 13.7. The molecule has 0 spiro atoms. The Morgan fingerprint density at radius 1 is 1.15 bits per heavy atom. The standard InChI is InChI=1S/C25H25BrFN3O2S/c1-15-9-12-23(26)28-20(15)14-21(30-33(31)25(2,3)4)17-7-5-6-8-18(17)24-19-11-10-16(27)13-22(19)32-29-24/h5-13,21,30H,14H2,1-4H3/t21-,33-/m0/s1. The zero-order chi connectivity index (χ0) is 23.8. The molecular weight excluding hydrogens is 505 g/mol. The van der Waals surface area contributed by atoms with Crippen LogP contribution in [0.25, 0.3) is 22.2 Å². The minimum atomic E-state index is -1.32. The van der Waals surface area contributed by atoms with Gasteiger partial charge in [-0.1, -0.05) is 35.5 Å². The van der Waals surface area contributed by atoms with Crippen molar-refractivity contribution < 1.29 is 13.5 Å². The third kappa shape index (κ3) is 5.30. The highest BCUT2D eigenvalue weighted by molar-refractivity contribution is 9.10. The van der Waals surface area contributed by atoms with Crippen molar-refractivity contribution >= 4 is 38.3 Å². The molecule has 0 fully saturated rings. The van der Waals surface area contributed by atoms with Gasteiger partial charge in [-0.05, 0) is 73.0 Å². The van der Waals surface area contributed by atoms with Gasteiger partial charge in [0.15, 0.2) is 5.58 Å². The van der Waals surface area contributed by atoms with Crippen LogP contribution in [0.2, 0.25) is 0 Å². The number of benzene rings is 2. The molecule has 2 atom stereocenters. The van der Waals surface area contributed by atoms with E-state index < -0.39 is 16.1 Å². The van der Waals surface area contributed by atoms with Gasteiger partial charge < -0.3 is 9.08 Å². The van der Waals surface area contributed by atoms with Crippen LogP contribution in [0.5, 0.6) is 0 Å². The summed E-state index contributed by atoms with van der Waals surface area (Å²) in [5.74, 6) is -0.380. The third-order valence-electron chi connectivity index (χ3n) is 5.40. The fourth-order valence-corrected chi connectivity index (χ4v) is 4.76. The van der Waals surface area contributed by atoms with E-state index in [4.69, 9.17) is 4.52 Å². The topological polar surface area (TPSA) is 74.0 Å². The Kier molecular flexibility index (Phi) is 6.91. The van der Waals surface area contributed by atoms with Crippen molar-refractivity contribution in [3.63, 3.8) is 0 Å². The second kappa shape index (κ2) is 9.54. The molecule has 0 aliphatic heterocycles. The second-order valence-corrected chi connectivity index (χ2v) is 11.7. The van der Waals surface area contributed by atoms with Crippen LogP contribution in [0, 0.1) is 12.7 Å². The molecule has 4 rings (SSSR count). The van der Waals surface area contributed by atoms with Crippen molar-refractivity contribution in [2.45, 2.75) is 44.9 Å². The zero-order valence-electron chi connectivity index (χ0n) is 18.9. The van der Waals surface area contributed by atoms with Gasteiger partial charge in [0.25, 0.3) is 0 Å². The van der Waals surface area contributed by atoms with E-state index in [0.29, 0.717) is 17.7 Å². The molecule has 0 aliphatic rings. The number of halogens is 2. The number of rotatable bonds is 6. The molecule has 0 saturated heterocycles. The van der Waals surface area contributed by atoms with Gasteiger partial charge >= 0.3 is 0 Å². The monoisotopic (exact) mass is 529 g/mol. The quantitative estimate of drug-likeness (QED) is 0.230. The highest BCUT2D eigenvalue weighted by Crippen LogP contribution is 2.35. The lowest BCUT2D eigenvalue weighted by Gasteiger charge is -2.29. The first-order valence-corrected chi connectivity index (χ1v) is 12.5. The number of nitrogens with zero attached hydrogens (tertiary/aromatic N) is 2. The normalized spacial score (nSPS) is 13.9. The van der Waals surface area contributed by atoms with Gasteiger partial charge in [-0.15, -0.1) is 4.72 Å². The molecule has 0 saturated carbocycles. The van der Waals surface area contributed by atoms with E-state index in [-0.39, 0.29) is 11.9 Å². The van der Waals surface area contributed by atoms with E-state index in [9.17, 15) is 8.94 Å². The van der Waals surface area contributed by atoms with Crippen LogP contribution in [0.1, 0.15) is 43.6 Å². The molecule has 0 aliphatic carbocycles. The number of fused-ring (bicyclic) bond motifs is 1. The summed E-state index contributed by atoms with van der Waals surface area (Å²) in [5, 5.41) is 4.97. The Morgan fingerprint density at radius 3 is 2.67 bits per heavy atom. The lowest BCUT2D eigenvalue weighted by Crippen LogP contribution is -2.42. The Hall–Kier alpha value is -2.26. The van der Waals surface area contributed by atoms with E-state index in [0.717, 1.165) is 32.4 Å². The summed E-state index contributed by atoms with van der Waals surface area (Å²) in [4.78, 5) is 4.66. The fraction of sp³-hybridized carbons (Fsp3) is 0.280. The molecule has 2 heterocycles. The summed E-state index contributed by atoms with van der Waals surface area (Å²) < 4.78 is 35.9. The van der Waals surface area contributed by atoms with E-state index in [1.807, 2.05) is 64.1 Å². The number of pyridine rings is 1. The molecule has 0 unspecified atom stereocenters. The van der Waals surface area contributed by atoms with Gasteiger partial charge in [0, 0.05) is 40.5 Å². The van der Waals surface area contributed by atoms with Crippen LogP contribution in [0.4, 0.5) is 4.39 Å². The van der Waals surface area contributed by atoms with Crippen molar-refractivity contribution in [3.05, 3.63) is 81.8 Å². The summed E-state index contributed by atoms with van der Waals surface area (Å²) >= 11 is 2.14. The second-order valence-electron chi connectivity index (χ2n) is 8.91. The van der Waals surface area contributed by atoms with Gasteiger partial charge in [0.1, 0.15) is 20.9 Å². The van der Waals surface area contributed by atoms with Crippen molar-refractivity contribution in [2.75, 3.05) is 0 Å². The molecule has 8 heteroatoms. The molecule has 5 nitrogen and oxygen atoms in total. The number of aryl methyl sites for hydroxylation is 1. The molecule has 33 heavy (non-hydrogen) atoms. The molecule has 172 valence electrons. The van der Waals surface area contributed by atoms with Crippen LogP contribution >= 0.6 is 15.9 Å². The highest BCUT2D eigenvalue weighted by Gasteiger charge is 2.32. The van der Waals surface area contributed by atoms with E-state index in [1.165, 1.54) is 12.1 Å². The summed E-state index contributed by atoms with van der Waals surface area (Å²) in [7, 11) is 0. The van der Waals surface area contributed by atoms with Gasteiger partial charge in [-0.25, -0.2) is 9.37 Å². The first-order valence-electron chi connectivity index (χ1n) is 10.6. The Balaban J connectivity index is 1.82. The van der Waals surface area contributed by atoms with Crippen LogP contribution in [0.3, 0.4) is 0 Å². The predicted octanol–water partition coefficient (Wildman–Crippen LogP) is 6.44. The number of hydrogen-bond donors (Lipinski definition) is 1. The Bertz CT molecular complexity index is 1290. The maximum Gasteiger partial charge on any atom is 0.170 e. The minimum absolute atomic E-state index is 0.311. The van der Waals surface area contributed by atoms with Gasteiger partial charge in [-0.2, -0.15) is 0 Å². The lowest BCUT2D eigenvalue weighted by molar-refractivity contribution is 0.457. The molecule has 0 bridgehead atoms. The number of aromatic nitrogens is 2. The zero-order valence-corrected chi connectivity index (χ0v) is 21.3. The molecule has 2 aromatic heterocycles. The van der Waals surface area contributed by atoms with Crippen LogP contribution in [0.15, 0.2) is 63.7 Å². The molecule has 0 amide bonds. The minimum Gasteiger partial charge on any atom is -0.598 e. The van der Waals surface area contributed by atoms with Gasteiger partial charge in [0.2, 0.25) is 0 Å². The Morgan fingerprint density at radius 2 is 1.91 bits per heavy atom. The predicted molar refractivity (Wildman–Crippen MR) is 134 cm³/mol. The van der Waals surface area contributed by atoms with Crippen molar-refractivity contribution in [1.82, 2.24) is 14.9 Å². The Labute approximate surface area is 204 Å². The largest absolute Gasteiger partial charge is 0.598 e. The summed E-state index contributed by atoms with van der Waals surface area (Å²) in [6.45, 7) is 7.81. The first-order chi connectivity index (χ1) is 15.6. The van der Waals surface area contributed by atoms with Gasteiger partial charge in [0.05, 0.1) is 6.04 Å². The number of hydrogen-bond acceptors (Lipinski definition) is 5. The van der Waals surface area contributed by atoms with E-state index >= 15 is 0 Å². The molecule has 0 radical (unpaired) electrons. The van der Waals surface area contributed by atoms with E-state index in [1.54, 1.807) is 6.07 Å². The van der Waals surface area contributed by atoms with E-state index in [2.05, 4.69) is 30.8 Å². The van der Waals surface area contributed by atoms with Crippen LogP contribution in [-0.2, 0) is 17.8 Å². The lowest BCUT2D eigenvalue weighted by atomic mass is 9.93. The molecular formula is C25H25BrFN3O2S. The molecule has 2 aromatic carbocycles. The smallest absolute Gasteiger partial charge is 0.170 e. The number of nitrogens with one attached hydrogen (secondary N) is 1.